The maximum absolute atomic E-state index is 11.8. The van der Waals surface area contributed by atoms with Gasteiger partial charge in [0.2, 0.25) is 5.91 Å². The largest absolute Gasteiger partial charge is 0.356 e. The van der Waals surface area contributed by atoms with E-state index in [4.69, 9.17) is 5.73 Å². The summed E-state index contributed by atoms with van der Waals surface area (Å²) in [4.78, 5) is 14.3. The monoisotopic (exact) mass is 275 g/mol. The lowest BCUT2D eigenvalue weighted by molar-refractivity contribution is -0.121. The Hall–Kier alpha value is -1.39. The first-order valence-corrected chi connectivity index (χ1v) is 7.55. The molecule has 0 aromatic heterocycles. The van der Waals surface area contributed by atoms with Crippen LogP contribution < -0.4 is 11.1 Å². The second-order valence-corrected chi connectivity index (χ2v) is 5.47. The van der Waals surface area contributed by atoms with E-state index in [0.717, 1.165) is 25.1 Å². The predicted octanol–water partition coefficient (Wildman–Crippen LogP) is 1.68. The Morgan fingerprint density at radius 1 is 1.25 bits per heavy atom. The van der Waals surface area contributed by atoms with Crippen molar-refractivity contribution in [1.29, 1.82) is 0 Å². The zero-order valence-corrected chi connectivity index (χ0v) is 12.1. The van der Waals surface area contributed by atoms with E-state index in [1.54, 1.807) is 0 Å². The molecule has 1 amide bonds. The zero-order chi connectivity index (χ0) is 14.2. The molecule has 1 fully saturated rings. The van der Waals surface area contributed by atoms with Crippen molar-refractivity contribution in [2.45, 2.75) is 31.7 Å². The SMILES string of the molecule is NC(CC(=O)NCCCN1CCCC1)c1ccccc1. The molecule has 0 bridgehead atoms. The Labute approximate surface area is 121 Å². The van der Waals surface area contributed by atoms with Crippen LogP contribution in [0.25, 0.3) is 0 Å². The highest BCUT2D eigenvalue weighted by atomic mass is 16.1. The zero-order valence-electron chi connectivity index (χ0n) is 12.1. The van der Waals surface area contributed by atoms with E-state index in [2.05, 4.69) is 10.2 Å². The van der Waals surface area contributed by atoms with Gasteiger partial charge in [0, 0.05) is 19.0 Å². The van der Waals surface area contributed by atoms with E-state index in [-0.39, 0.29) is 11.9 Å². The number of rotatable bonds is 7. The van der Waals surface area contributed by atoms with Crippen molar-refractivity contribution in [3.63, 3.8) is 0 Å². The second kappa shape index (κ2) is 8.02. The molecule has 4 heteroatoms. The van der Waals surface area contributed by atoms with Gasteiger partial charge in [0.15, 0.2) is 0 Å². The van der Waals surface area contributed by atoms with Crippen molar-refractivity contribution in [1.82, 2.24) is 10.2 Å². The quantitative estimate of drug-likeness (QED) is 0.744. The van der Waals surface area contributed by atoms with Gasteiger partial charge < -0.3 is 16.0 Å². The number of nitrogens with zero attached hydrogens (tertiary/aromatic N) is 1. The number of amides is 1. The molecular weight excluding hydrogens is 250 g/mol. The van der Waals surface area contributed by atoms with Crippen molar-refractivity contribution >= 4 is 5.91 Å². The Balaban J connectivity index is 1.60. The van der Waals surface area contributed by atoms with Gasteiger partial charge in [0.25, 0.3) is 0 Å². The number of hydrogen-bond acceptors (Lipinski definition) is 3. The third-order valence-corrected chi connectivity index (χ3v) is 3.81. The highest BCUT2D eigenvalue weighted by Crippen LogP contribution is 2.12. The average Bonchev–Trinajstić information content (AvgIpc) is 2.98. The number of carbonyl (C=O) groups excluding carboxylic acids is 1. The molecule has 1 unspecified atom stereocenters. The van der Waals surface area contributed by atoms with Crippen LogP contribution in [0, 0.1) is 0 Å². The molecular formula is C16H25N3O. The maximum atomic E-state index is 11.8. The number of benzene rings is 1. The van der Waals surface area contributed by atoms with Crippen molar-refractivity contribution in [3.05, 3.63) is 35.9 Å². The number of nitrogens with one attached hydrogen (secondary N) is 1. The normalized spacial score (nSPS) is 17.1. The summed E-state index contributed by atoms with van der Waals surface area (Å²) in [5.41, 5.74) is 7.04. The maximum Gasteiger partial charge on any atom is 0.221 e. The molecule has 4 nitrogen and oxygen atoms in total. The highest BCUT2D eigenvalue weighted by molar-refractivity contribution is 5.76. The van der Waals surface area contributed by atoms with Gasteiger partial charge in [-0.2, -0.15) is 0 Å². The topological polar surface area (TPSA) is 58.4 Å². The number of carbonyl (C=O) groups is 1. The Morgan fingerprint density at radius 3 is 2.65 bits per heavy atom. The minimum absolute atomic E-state index is 0.0442. The molecule has 1 saturated heterocycles. The lowest BCUT2D eigenvalue weighted by atomic mass is 10.0. The summed E-state index contributed by atoms with van der Waals surface area (Å²) < 4.78 is 0. The molecule has 110 valence electrons. The Kier molecular flexibility index (Phi) is 6.02. The summed E-state index contributed by atoms with van der Waals surface area (Å²) in [6, 6.07) is 9.56. The van der Waals surface area contributed by atoms with E-state index < -0.39 is 0 Å². The lowest BCUT2D eigenvalue weighted by Gasteiger charge is -2.15. The van der Waals surface area contributed by atoms with Gasteiger partial charge in [-0.3, -0.25) is 4.79 Å². The summed E-state index contributed by atoms with van der Waals surface area (Å²) >= 11 is 0. The van der Waals surface area contributed by atoms with Crippen molar-refractivity contribution in [2.24, 2.45) is 5.73 Å². The van der Waals surface area contributed by atoms with Crippen LogP contribution in [0.1, 0.15) is 37.3 Å². The summed E-state index contributed by atoms with van der Waals surface area (Å²) in [6.45, 7) is 4.27. The standard InChI is InChI=1S/C16H25N3O/c17-15(14-7-2-1-3-8-14)13-16(20)18-9-6-12-19-10-4-5-11-19/h1-3,7-8,15H,4-6,9-13,17H2,(H,18,20). The molecule has 0 spiro atoms. The van der Waals surface area contributed by atoms with Crippen molar-refractivity contribution in [2.75, 3.05) is 26.2 Å². The first kappa shape index (κ1) is 15.0. The van der Waals surface area contributed by atoms with E-state index in [0.29, 0.717) is 6.42 Å². The first-order chi connectivity index (χ1) is 9.75. The van der Waals surface area contributed by atoms with Crippen LogP contribution in [0.5, 0.6) is 0 Å². The van der Waals surface area contributed by atoms with Gasteiger partial charge in [-0.05, 0) is 44.5 Å². The Bertz CT molecular complexity index is 401. The average molecular weight is 275 g/mol. The van der Waals surface area contributed by atoms with Crippen LogP contribution in [-0.2, 0) is 4.79 Å². The van der Waals surface area contributed by atoms with Crippen LogP contribution in [0.3, 0.4) is 0 Å². The summed E-state index contributed by atoms with van der Waals surface area (Å²) in [7, 11) is 0. The van der Waals surface area contributed by atoms with E-state index in [9.17, 15) is 4.79 Å². The molecule has 1 aromatic rings. The highest BCUT2D eigenvalue weighted by Gasteiger charge is 2.12. The fourth-order valence-electron chi connectivity index (χ4n) is 2.63. The van der Waals surface area contributed by atoms with Gasteiger partial charge in [-0.1, -0.05) is 30.3 Å². The van der Waals surface area contributed by atoms with Gasteiger partial charge in [-0.25, -0.2) is 0 Å². The second-order valence-electron chi connectivity index (χ2n) is 5.47. The van der Waals surface area contributed by atoms with E-state index in [1.165, 1.54) is 25.9 Å². The van der Waals surface area contributed by atoms with Crippen LogP contribution in [0.15, 0.2) is 30.3 Å². The number of nitrogens with two attached hydrogens (primary N) is 1. The van der Waals surface area contributed by atoms with Crippen molar-refractivity contribution in [3.8, 4) is 0 Å². The van der Waals surface area contributed by atoms with Crippen LogP contribution in [-0.4, -0.2) is 37.0 Å². The molecule has 1 aromatic carbocycles. The van der Waals surface area contributed by atoms with E-state index in [1.807, 2.05) is 30.3 Å². The van der Waals surface area contributed by atoms with Crippen molar-refractivity contribution < 1.29 is 4.79 Å². The fraction of sp³-hybridized carbons (Fsp3) is 0.562. The molecule has 1 atom stereocenters. The molecule has 1 aliphatic rings. The molecule has 1 aliphatic heterocycles. The first-order valence-electron chi connectivity index (χ1n) is 7.55. The number of hydrogen-bond donors (Lipinski definition) is 2. The third kappa shape index (κ3) is 4.94. The summed E-state index contributed by atoms with van der Waals surface area (Å²) in [6.07, 6.45) is 4.01. The fourth-order valence-corrected chi connectivity index (χ4v) is 2.63. The summed E-state index contributed by atoms with van der Waals surface area (Å²) in [5, 5.41) is 2.96. The smallest absolute Gasteiger partial charge is 0.221 e. The molecule has 1 heterocycles. The summed E-state index contributed by atoms with van der Waals surface area (Å²) in [5.74, 6) is 0.0442. The minimum atomic E-state index is -0.213. The van der Waals surface area contributed by atoms with Gasteiger partial charge in [0.05, 0.1) is 0 Å². The van der Waals surface area contributed by atoms with Crippen LogP contribution in [0.4, 0.5) is 0 Å². The molecule has 3 N–H and O–H groups in total. The number of likely N-dealkylation sites (tertiary alicyclic amines) is 1. The molecule has 0 aliphatic carbocycles. The molecule has 20 heavy (non-hydrogen) atoms. The van der Waals surface area contributed by atoms with Gasteiger partial charge >= 0.3 is 0 Å². The Morgan fingerprint density at radius 2 is 1.95 bits per heavy atom. The van der Waals surface area contributed by atoms with Crippen LogP contribution >= 0.6 is 0 Å². The minimum Gasteiger partial charge on any atom is -0.356 e. The predicted molar refractivity (Wildman–Crippen MR) is 81.3 cm³/mol. The lowest BCUT2D eigenvalue weighted by Crippen LogP contribution is -2.30. The molecule has 0 radical (unpaired) electrons. The van der Waals surface area contributed by atoms with Gasteiger partial charge in [0.1, 0.15) is 0 Å². The molecule has 0 saturated carbocycles. The van der Waals surface area contributed by atoms with Gasteiger partial charge in [-0.15, -0.1) is 0 Å². The van der Waals surface area contributed by atoms with E-state index >= 15 is 0 Å². The molecule has 2 rings (SSSR count). The third-order valence-electron chi connectivity index (χ3n) is 3.81. The van der Waals surface area contributed by atoms with Crippen LogP contribution in [0.2, 0.25) is 0 Å².